The molecule has 7 heteroatoms. The van der Waals surface area contributed by atoms with Gasteiger partial charge in [-0.3, -0.25) is 9.69 Å². The molecule has 1 atom stereocenters. The minimum atomic E-state index is -0.503. The number of halogens is 2. The summed E-state index contributed by atoms with van der Waals surface area (Å²) in [6, 6.07) is 17.0. The number of nitrogens with zero attached hydrogens (tertiary/aromatic N) is 3. The molecule has 2 aromatic carbocycles. The molecule has 2 saturated heterocycles. The van der Waals surface area contributed by atoms with Crippen molar-refractivity contribution in [1.29, 1.82) is 0 Å². The molecule has 2 heterocycles. The molecule has 1 spiro atoms. The fraction of sp³-hybridized carbons (Fsp3) is 0.480. The van der Waals surface area contributed by atoms with Crippen LogP contribution < -0.4 is 4.90 Å². The molecule has 2 aliphatic heterocycles. The number of fused-ring (bicyclic) bond motifs is 1. The molecule has 172 valence electrons. The van der Waals surface area contributed by atoms with Crippen LogP contribution in [0.15, 0.2) is 48.5 Å². The molecular formula is C25H31Cl2N3O2. The Bertz CT molecular complexity index is 947. The maximum Gasteiger partial charge on any atom is 0.250 e. The number of anilines is 1. The third kappa shape index (κ3) is 4.01. The Labute approximate surface area is 201 Å². The lowest BCUT2D eigenvalue weighted by Crippen LogP contribution is -2.58. The molecular weight excluding hydrogens is 445 g/mol. The maximum absolute atomic E-state index is 13.5. The van der Waals surface area contributed by atoms with Gasteiger partial charge < -0.3 is 14.9 Å². The van der Waals surface area contributed by atoms with Crippen molar-refractivity contribution in [2.24, 2.45) is 0 Å². The third-order valence-corrected chi connectivity index (χ3v) is 7.85. The van der Waals surface area contributed by atoms with Crippen LogP contribution in [0.4, 0.5) is 5.69 Å². The van der Waals surface area contributed by atoms with E-state index in [0.29, 0.717) is 19.3 Å². The molecule has 0 aromatic heterocycles. The van der Waals surface area contributed by atoms with E-state index in [-0.39, 0.29) is 24.9 Å². The lowest BCUT2D eigenvalue weighted by atomic mass is 9.82. The second kappa shape index (κ2) is 9.60. The molecule has 2 fully saturated rings. The van der Waals surface area contributed by atoms with Crippen molar-refractivity contribution < 1.29 is 9.90 Å². The zero-order valence-corrected chi connectivity index (χ0v) is 19.8. The number of carbonyl (C=O) groups excluding carboxylic acids is 1. The topological polar surface area (TPSA) is 47.0 Å². The average Bonchev–Trinajstić information content (AvgIpc) is 3.07. The fourth-order valence-corrected chi connectivity index (χ4v) is 6.06. The van der Waals surface area contributed by atoms with Crippen molar-refractivity contribution >= 4 is 35.6 Å². The number of hydrogen-bond acceptors (Lipinski definition) is 4. The summed E-state index contributed by atoms with van der Waals surface area (Å²) in [6.07, 6.45) is 4.84. The van der Waals surface area contributed by atoms with E-state index in [4.69, 9.17) is 11.6 Å². The predicted octanol–water partition coefficient (Wildman–Crippen LogP) is 3.75. The molecule has 1 N–H and O–H groups in total. The first-order chi connectivity index (χ1) is 15.1. The lowest BCUT2D eigenvalue weighted by molar-refractivity contribution is -0.134. The van der Waals surface area contributed by atoms with E-state index in [2.05, 4.69) is 28.0 Å². The average molecular weight is 476 g/mol. The van der Waals surface area contributed by atoms with Gasteiger partial charge in [-0.25, -0.2) is 0 Å². The zero-order chi connectivity index (χ0) is 21.4. The van der Waals surface area contributed by atoms with Crippen molar-refractivity contribution in [2.45, 2.75) is 43.7 Å². The summed E-state index contributed by atoms with van der Waals surface area (Å²) < 4.78 is 0. The van der Waals surface area contributed by atoms with Crippen LogP contribution in [0.25, 0.3) is 0 Å². The third-order valence-electron chi connectivity index (χ3n) is 7.50. The van der Waals surface area contributed by atoms with E-state index in [1.807, 2.05) is 35.2 Å². The summed E-state index contributed by atoms with van der Waals surface area (Å²) >= 11 is 6.50. The van der Waals surface area contributed by atoms with Gasteiger partial charge in [0.2, 0.25) is 5.91 Å². The van der Waals surface area contributed by atoms with E-state index >= 15 is 0 Å². The van der Waals surface area contributed by atoms with Gasteiger partial charge in [-0.1, -0.05) is 41.9 Å². The summed E-state index contributed by atoms with van der Waals surface area (Å²) in [5, 5.41) is 10.4. The van der Waals surface area contributed by atoms with Gasteiger partial charge in [0.15, 0.2) is 0 Å². The summed E-state index contributed by atoms with van der Waals surface area (Å²) in [4.78, 5) is 20.1. The Balaban J connectivity index is 0.00000245. The van der Waals surface area contributed by atoms with Crippen molar-refractivity contribution in [1.82, 2.24) is 9.80 Å². The molecule has 5 nitrogen and oxygen atoms in total. The van der Waals surface area contributed by atoms with Gasteiger partial charge >= 0.3 is 0 Å². The van der Waals surface area contributed by atoms with E-state index in [1.165, 1.54) is 11.1 Å². The summed E-state index contributed by atoms with van der Waals surface area (Å²) in [5.41, 5.74) is 3.27. The second-order valence-electron chi connectivity index (χ2n) is 9.04. The van der Waals surface area contributed by atoms with Crippen molar-refractivity contribution in [3.8, 4) is 0 Å². The smallest absolute Gasteiger partial charge is 0.250 e. The van der Waals surface area contributed by atoms with Crippen molar-refractivity contribution in [2.75, 3.05) is 37.8 Å². The molecule has 1 unspecified atom stereocenters. The van der Waals surface area contributed by atoms with Gasteiger partial charge in [-0.15, -0.1) is 12.4 Å². The SMILES string of the molecule is Cl.O=C1N(CCO)CN(c2ccccc2)C12CCN(C1CCc3cccc(Cl)c3C1)CC2. The van der Waals surface area contributed by atoms with Gasteiger partial charge in [0, 0.05) is 36.4 Å². The molecule has 5 rings (SSSR count). The Morgan fingerprint density at radius 2 is 1.81 bits per heavy atom. The van der Waals surface area contributed by atoms with E-state index in [9.17, 15) is 9.90 Å². The van der Waals surface area contributed by atoms with E-state index in [1.54, 1.807) is 0 Å². The molecule has 32 heavy (non-hydrogen) atoms. The number of rotatable bonds is 4. The number of β-amino-alcohol motifs (C(OH)–C–C–N with tert-alkyl or cyclic N) is 1. The van der Waals surface area contributed by atoms with Crippen LogP contribution in [0.2, 0.25) is 5.02 Å². The van der Waals surface area contributed by atoms with E-state index < -0.39 is 5.54 Å². The highest BCUT2D eigenvalue weighted by Crippen LogP contribution is 2.41. The summed E-state index contributed by atoms with van der Waals surface area (Å²) in [5.74, 6) is 0.169. The lowest BCUT2D eigenvalue weighted by Gasteiger charge is -2.46. The largest absolute Gasteiger partial charge is 0.395 e. The molecule has 0 bridgehead atoms. The zero-order valence-electron chi connectivity index (χ0n) is 18.3. The van der Waals surface area contributed by atoms with Gasteiger partial charge in [0.25, 0.3) is 0 Å². The molecule has 1 aliphatic carbocycles. The number of aliphatic hydroxyl groups excluding tert-OH is 1. The van der Waals surface area contributed by atoms with E-state index in [0.717, 1.165) is 55.9 Å². The standard InChI is InChI=1S/C25H30ClN3O2.ClH/c26-23-8-4-5-19-9-10-21(17-22(19)23)27-13-11-25(12-14-27)24(31)28(15-16-30)18-29(25)20-6-2-1-3-7-20;/h1-8,21,30H,9-18H2;1H. The molecule has 0 saturated carbocycles. The Morgan fingerprint density at radius 1 is 1.06 bits per heavy atom. The fourth-order valence-electron chi connectivity index (χ4n) is 5.79. The van der Waals surface area contributed by atoms with Crippen LogP contribution in [-0.4, -0.2) is 65.3 Å². The number of likely N-dealkylation sites (tertiary alicyclic amines) is 1. The highest BCUT2D eigenvalue weighted by atomic mass is 35.5. The first kappa shape index (κ1) is 23.4. The first-order valence-corrected chi connectivity index (χ1v) is 11.7. The Hall–Kier alpha value is -1.79. The van der Waals surface area contributed by atoms with Crippen LogP contribution >= 0.6 is 24.0 Å². The summed E-state index contributed by atoms with van der Waals surface area (Å²) in [7, 11) is 0. The number of hydrogen-bond donors (Lipinski definition) is 1. The van der Waals surface area contributed by atoms with Crippen LogP contribution in [0.1, 0.15) is 30.4 Å². The quantitative estimate of drug-likeness (QED) is 0.731. The molecule has 1 amide bonds. The molecule has 0 radical (unpaired) electrons. The van der Waals surface area contributed by atoms with Gasteiger partial charge in [-0.2, -0.15) is 0 Å². The number of para-hydroxylation sites is 1. The first-order valence-electron chi connectivity index (χ1n) is 11.4. The highest BCUT2D eigenvalue weighted by molar-refractivity contribution is 6.31. The minimum Gasteiger partial charge on any atom is -0.395 e. The monoisotopic (exact) mass is 475 g/mol. The van der Waals surface area contributed by atoms with Crippen LogP contribution in [0, 0.1) is 0 Å². The number of carbonyl (C=O) groups is 1. The number of aliphatic hydroxyl groups is 1. The number of amides is 1. The van der Waals surface area contributed by atoms with Crippen LogP contribution in [0.3, 0.4) is 0 Å². The summed E-state index contributed by atoms with van der Waals surface area (Å²) in [6.45, 7) is 2.76. The number of aryl methyl sites for hydroxylation is 1. The molecule has 3 aliphatic rings. The number of benzene rings is 2. The van der Waals surface area contributed by atoms with Crippen LogP contribution in [-0.2, 0) is 17.6 Å². The Morgan fingerprint density at radius 3 is 2.53 bits per heavy atom. The predicted molar refractivity (Wildman–Crippen MR) is 131 cm³/mol. The van der Waals surface area contributed by atoms with Gasteiger partial charge in [0.05, 0.1) is 13.3 Å². The van der Waals surface area contributed by atoms with Gasteiger partial charge in [-0.05, 0) is 61.4 Å². The van der Waals surface area contributed by atoms with Gasteiger partial charge in [0.1, 0.15) is 5.54 Å². The number of piperidine rings is 1. The van der Waals surface area contributed by atoms with Crippen molar-refractivity contribution in [3.63, 3.8) is 0 Å². The van der Waals surface area contributed by atoms with Crippen molar-refractivity contribution in [3.05, 3.63) is 64.7 Å². The second-order valence-corrected chi connectivity index (χ2v) is 9.45. The minimum absolute atomic E-state index is 0. The highest BCUT2D eigenvalue weighted by Gasteiger charge is 2.53. The van der Waals surface area contributed by atoms with Crippen LogP contribution in [0.5, 0.6) is 0 Å². The maximum atomic E-state index is 13.5. The Kier molecular flexibility index (Phi) is 7.01. The molecule has 2 aromatic rings. The normalized spacial score (nSPS) is 22.7.